The third kappa shape index (κ3) is 5.08. The van der Waals surface area contributed by atoms with Crippen LogP contribution in [-0.2, 0) is 12.8 Å². The predicted molar refractivity (Wildman–Crippen MR) is 110 cm³/mol. The molecule has 0 amide bonds. The Morgan fingerprint density at radius 2 is 1.12 bits per heavy atom. The van der Waals surface area contributed by atoms with E-state index in [1.54, 1.807) is 36.5 Å². The van der Waals surface area contributed by atoms with E-state index in [-0.39, 0.29) is 12.2 Å². The maximum atomic E-state index is 9.20. The first-order valence-corrected chi connectivity index (χ1v) is 10.2. The average Bonchev–Trinajstić information content (AvgIpc) is 3.16. The molecule has 0 aliphatic rings. The van der Waals surface area contributed by atoms with Crippen molar-refractivity contribution in [3.8, 4) is 0 Å². The smallest absolute Gasteiger partial charge is 0.0964 e. The standard InChI is InChI=1S/2C10H11NOS/c2*1-7(12)6-10-11-8-4-2-3-5-9(8)13-10/h2*2-5,7,12H,6H2,1H3/t2*7-/m10/s1. The maximum absolute atomic E-state index is 9.20. The second kappa shape index (κ2) is 8.68. The molecule has 0 aliphatic carbocycles. The predicted octanol–water partition coefficient (Wildman–Crippen LogP) is 4.44. The van der Waals surface area contributed by atoms with Gasteiger partial charge in [-0.05, 0) is 38.1 Å². The molecule has 6 heteroatoms. The van der Waals surface area contributed by atoms with Crippen LogP contribution in [0.3, 0.4) is 0 Å². The van der Waals surface area contributed by atoms with Crippen molar-refractivity contribution in [2.45, 2.75) is 38.9 Å². The molecule has 0 aliphatic heterocycles. The van der Waals surface area contributed by atoms with E-state index in [9.17, 15) is 10.2 Å². The van der Waals surface area contributed by atoms with E-state index in [2.05, 4.69) is 22.1 Å². The highest BCUT2D eigenvalue weighted by Crippen LogP contribution is 2.23. The molecule has 0 saturated heterocycles. The van der Waals surface area contributed by atoms with E-state index in [0.29, 0.717) is 12.8 Å². The van der Waals surface area contributed by atoms with Gasteiger partial charge in [0.1, 0.15) is 0 Å². The number of benzene rings is 2. The molecule has 2 atom stereocenters. The average molecular weight is 387 g/mol. The van der Waals surface area contributed by atoms with Gasteiger partial charge >= 0.3 is 0 Å². The van der Waals surface area contributed by atoms with E-state index in [4.69, 9.17) is 0 Å². The molecule has 0 spiro atoms. The highest BCUT2D eigenvalue weighted by atomic mass is 32.1. The van der Waals surface area contributed by atoms with Gasteiger partial charge in [-0.2, -0.15) is 0 Å². The highest BCUT2D eigenvalue weighted by molar-refractivity contribution is 7.18. The summed E-state index contributed by atoms with van der Waals surface area (Å²) in [5.41, 5.74) is 2.06. The Bertz CT molecular complexity index is 830. The third-order valence-electron chi connectivity index (χ3n) is 3.62. The van der Waals surface area contributed by atoms with Gasteiger partial charge in [0.15, 0.2) is 0 Å². The van der Waals surface area contributed by atoms with Crippen LogP contribution >= 0.6 is 22.7 Å². The quantitative estimate of drug-likeness (QED) is 0.544. The monoisotopic (exact) mass is 386 g/mol. The number of hydrogen-bond acceptors (Lipinski definition) is 6. The molecule has 0 bridgehead atoms. The largest absolute Gasteiger partial charge is 0.393 e. The van der Waals surface area contributed by atoms with Crippen molar-refractivity contribution in [3.63, 3.8) is 0 Å². The van der Waals surface area contributed by atoms with Gasteiger partial charge in [-0.1, -0.05) is 24.3 Å². The summed E-state index contributed by atoms with van der Waals surface area (Å²) in [5.74, 6) is 0. The molecule has 26 heavy (non-hydrogen) atoms. The summed E-state index contributed by atoms with van der Waals surface area (Å²) in [7, 11) is 0. The van der Waals surface area contributed by atoms with E-state index >= 15 is 0 Å². The van der Waals surface area contributed by atoms with Crippen LogP contribution in [0.5, 0.6) is 0 Å². The van der Waals surface area contributed by atoms with Crippen LogP contribution in [0.1, 0.15) is 23.9 Å². The molecule has 2 N–H and O–H groups in total. The van der Waals surface area contributed by atoms with Crippen molar-refractivity contribution in [2.75, 3.05) is 0 Å². The van der Waals surface area contributed by atoms with Gasteiger partial charge < -0.3 is 10.2 Å². The fourth-order valence-electron chi connectivity index (χ4n) is 2.52. The first kappa shape index (κ1) is 18.9. The lowest BCUT2D eigenvalue weighted by molar-refractivity contribution is 0.195. The minimum Gasteiger partial charge on any atom is -0.393 e. The fourth-order valence-corrected chi connectivity index (χ4v) is 4.69. The Balaban J connectivity index is 0.000000151. The number of fused-ring (bicyclic) bond motifs is 2. The van der Waals surface area contributed by atoms with Crippen LogP contribution < -0.4 is 0 Å². The topological polar surface area (TPSA) is 66.2 Å². The van der Waals surface area contributed by atoms with E-state index in [1.165, 1.54) is 9.40 Å². The molecule has 4 nitrogen and oxygen atoms in total. The fraction of sp³-hybridized carbons (Fsp3) is 0.300. The molecule has 4 aromatic rings. The Morgan fingerprint density at radius 1 is 0.731 bits per heavy atom. The number of aliphatic hydroxyl groups excluding tert-OH is 2. The molecule has 4 rings (SSSR count). The van der Waals surface area contributed by atoms with Crippen LogP contribution in [0.4, 0.5) is 0 Å². The lowest BCUT2D eigenvalue weighted by Crippen LogP contribution is -2.03. The Kier molecular flexibility index (Phi) is 6.32. The lowest BCUT2D eigenvalue weighted by atomic mass is 10.3. The third-order valence-corrected chi connectivity index (χ3v) is 5.73. The number of rotatable bonds is 4. The number of hydrogen-bond donors (Lipinski definition) is 2. The van der Waals surface area contributed by atoms with Gasteiger partial charge in [-0.15, -0.1) is 22.7 Å². The van der Waals surface area contributed by atoms with Crippen molar-refractivity contribution in [1.82, 2.24) is 9.97 Å². The molecule has 2 heterocycles. The minimum absolute atomic E-state index is 0.305. The second-order valence-electron chi connectivity index (χ2n) is 6.26. The summed E-state index contributed by atoms with van der Waals surface area (Å²) < 4.78 is 2.39. The van der Waals surface area contributed by atoms with Gasteiger partial charge in [0.05, 0.1) is 42.7 Å². The first-order valence-electron chi connectivity index (χ1n) is 8.56. The van der Waals surface area contributed by atoms with E-state index in [0.717, 1.165) is 21.0 Å². The summed E-state index contributed by atoms with van der Waals surface area (Å²) in [5, 5.41) is 20.4. The normalized spacial score (nSPS) is 13.4. The number of para-hydroxylation sites is 2. The number of aliphatic hydroxyl groups is 2. The van der Waals surface area contributed by atoms with Crippen molar-refractivity contribution in [1.29, 1.82) is 0 Å². The Hall–Kier alpha value is -1.86. The molecule has 2 aromatic carbocycles. The van der Waals surface area contributed by atoms with Crippen molar-refractivity contribution < 1.29 is 10.2 Å². The van der Waals surface area contributed by atoms with E-state index in [1.807, 2.05) is 36.4 Å². The lowest BCUT2D eigenvalue weighted by Gasteiger charge is -1.97. The van der Waals surface area contributed by atoms with Gasteiger partial charge in [-0.3, -0.25) is 0 Å². The zero-order chi connectivity index (χ0) is 18.5. The highest BCUT2D eigenvalue weighted by Gasteiger charge is 2.06. The summed E-state index contributed by atoms with van der Waals surface area (Å²) in [4.78, 5) is 8.82. The van der Waals surface area contributed by atoms with Gasteiger partial charge in [0, 0.05) is 12.8 Å². The molecule has 0 unspecified atom stereocenters. The molecular weight excluding hydrogens is 364 g/mol. The minimum atomic E-state index is -0.305. The van der Waals surface area contributed by atoms with Crippen molar-refractivity contribution in [3.05, 3.63) is 58.5 Å². The zero-order valence-electron chi connectivity index (χ0n) is 14.8. The summed E-state index contributed by atoms with van der Waals surface area (Å²) in [6, 6.07) is 16.1. The van der Waals surface area contributed by atoms with Gasteiger partial charge in [0.2, 0.25) is 0 Å². The number of nitrogens with zero attached hydrogens (tertiary/aromatic N) is 2. The Morgan fingerprint density at radius 3 is 1.46 bits per heavy atom. The molecular formula is C20H22N2O2S2. The number of thiazole rings is 2. The summed E-state index contributed by atoms with van der Waals surface area (Å²) in [6.45, 7) is 3.57. The van der Waals surface area contributed by atoms with Crippen LogP contribution in [0.15, 0.2) is 48.5 Å². The van der Waals surface area contributed by atoms with Gasteiger partial charge in [-0.25, -0.2) is 9.97 Å². The molecule has 2 aromatic heterocycles. The zero-order valence-corrected chi connectivity index (χ0v) is 16.4. The molecule has 0 radical (unpaired) electrons. The van der Waals surface area contributed by atoms with Gasteiger partial charge in [0.25, 0.3) is 0 Å². The van der Waals surface area contributed by atoms with E-state index < -0.39 is 0 Å². The molecule has 0 saturated carbocycles. The molecule has 0 fully saturated rings. The molecule has 136 valence electrons. The second-order valence-corrected chi connectivity index (χ2v) is 8.49. The number of aromatic nitrogens is 2. The maximum Gasteiger partial charge on any atom is 0.0964 e. The van der Waals surface area contributed by atoms with Crippen LogP contribution in [-0.4, -0.2) is 32.4 Å². The Labute approximate surface area is 160 Å². The summed E-state index contributed by atoms with van der Waals surface area (Å²) in [6.07, 6.45) is 0.694. The summed E-state index contributed by atoms with van der Waals surface area (Å²) >= 11 is 3.31. The van der Waals surface area contributed by atoms with Crippen LogP contribution in [0.25, 0.3) is 20.4 Å². The first-order chi connectivity index (χ1) is 12.5. The van der Waals surface area contributed by atoms with Crippen molar-refractivity contribution in [2.24, 2.45) is 0 Å². The van der Waals surface area contributed by atoms with Crippen LogP contribution in [0.2, 0.25) is 0 Å². The van der Waals surface area contributed by atoms with Crippen LogP contribution in [0, 0.1) is 0 Å². The van der Waals surface area contributed by atoms with Crippen molar-refractivity contribution >= 4 is 43.1 Å². The SMILES string of the molecule is C[C@@H](O)Cc1nc2ccccc2s1.C[C@H](O)Cc1nc2ccccc2s1.